The van der Waals surface area contributed by atoms with Gasteiger partial charge in [0.25, 0.3) is 5.91 Å². The number of rotatable bonds is 6. The number of hydrogen-bond donors (Lipinski definition) is 1. The van der Waals surface area contributed by atoms with Gasteiger partial charge in [-0.15, -0.1) is 0 Å². The zero-order valence-corrected chi connectivity index (χ0v) is 18.8. The Morgan fingerprint density at radius 2 is 1.94 bits per heavy atom. The summed E-state index contributed by atoms with van der Waals surface area (Å²) in [5.41, 5.74) is 2.22. The van der Waals surface area contributed by atoms with Crippen molar-refractivity contribution in [2.24, 2.45) is 0 Å². The molecule has 0 bridgehead atoms. The van der Waals surface area contributed by atoms with Crippen LogP contribution in [-0.4, -0.2) is 13.0 Å². The first kappa shape index (κ1) is 22.5. The van der Waals surface area contributed by atoms with Crippen molar-refractivity contribution >= 4 is 45.2 Å². The van der Waals surface area contributed by atoms with E-state index in [4.69, 9.17) is 16.3 Å². The van der Waals surface area contributed by atoms with Crippen molar-refractivity contribution in [1.82, 2.24) is 0 Å². The van der Waals surface area contributed by atoms with Gasteiger partial charge < -0.3 is 10.1 Å². The Bertz CT molecular complexity index is 1200. The number of carbonyl (C=O) groups is 1. The molecule has 1 N–H and O–H groups in total. The van der Waals surface area contributed by atoms with Crippen molar-refractivity contribution in [3.63, 3.8) is 0 Å². The molecule has 31 heavy (non-hydrogen) atoms. The van der Waals surface area contributed by atoms with Gasteiger partial charge >= 0.3 is 0 Å². The molecule has 0 radical (unpaired) electrons. The van der Waals surface area contributed by atoms with Gasteiger partial charge in [0.15, 0.2) is 0 Å². The van der Waals surface area contributed by atoms with E-state index >= 15 is 0 Å². The molecule has 0 atom stereocenters. The van der Waals surface area contributed by atoms with Crippen LogP contribution < -0.4 is 10.1 Å². The lowest BCUT2D eigenvalue weighted by atomic mass is 10.0. The fourth-order valence-corrected chi connectivity index (χ4v) is 3.77. The molecule has 0 aliphatic heterocycles. The topological polar surface area (TPSA) is 62.1 Å². The van der Waals surface area contributed by atoms with Gasteiger partial charge in [-0.25, -0.2) is 4.39 Å². The summed E-state index contributed by atoms with van der Waals surface area (Å²) < 4.78 is 20.1. The maximum Gasteiger partial charge on any atom is 0.266 e. The smallest absolute Gasteiger partial charge is 0.266 e. The molecule has 0 fully saturated rings. The molecule has 3 aromatic carbocycles. The summed E-state index contributed by atoms with van der Waals surface area (Å²) in [6.07, 6.45) is 1.95. The van der Waals surface area contributed by atoms with Crippen LogP contribution in [-0.2, 0) is 11.2 Å². The molecule has 0 aliphatic carbocycles. The summed E-state index contributed by atoms with van der Waals surface area (Å²) in [6, 6.07) is 18.6. The van der Waals surface area contributed by atoms with Crippen LogP contribution >= 0.6 is 27.5 Å². The molecule has 0 heterocycles. The predicted molar refractivity (Wildman–Crippen MR) is 124 cm³/mol. The summed E-state index contributed by atoms with van der Waals surface area (Å²) in [7, 11) is 1.54. The molecule has 0 aromatic heterocycles. The number of nitrogens with zero attached hydrogens (tertiary/aromatic N) is 1. The highest BCUT2D eigenvalue weighted by molar-refractivity contribution is 9.10. The summed E-state index contributed by atoms with van der Waals surface area (Å²) in [4.78, 5) is 12.5. The van der Waals surface area contributed by atoms with E-state index in [1.54, 1.807) is 25.3 Å². The van der Waals surface area contributed by atoms with Crippen molar-refractivity contribution in [2.45, 2.75) is 6.42 Å². The molecule has 4 nitrogen and oxygen atoms in total. The van der Waals surface area contributed by atoms with Gasteiger partial charge in [0.2, 0.25) is 0 Å². The Kier molecular flexibility index (Phi) is 7.45. The first-order valence-corrected chi connectivity index (χ1v) is 10.4. The Labute approximate surface area is 193 Å². The molecule has 0 spiro atoms. The van der Waals surface area contributed by atoms with Crippen LogP contribution in [0.3, 0.4) is 0 Å². The second-order valence-corrected chi connectivity index (χ2v) is 7.82. The van der Waals surface area contributed by atoms with Gasteiger partial charge in [0, 0.05) is 21.5 Å². The number of ether oxygens (including phenoxy) is 1. The number of nitrogens with one attached hydrogen (secondary N) is 1. The van der Waals surface area contributed by atoms with Crippen molar-refractivity contribution in [3.05, 3.63) is 98.2 Å². The standard InChI is InChI=1S/C24H17BrClFN2O2/c1-31-23-12-15(11-19(25)18(23)13-16-6-2-3-7-20(16)26)10-17(14-28)24(30)29-22-9-5-4-8-21(22)27/h2-12H,13H2,1H3,(H,29,30)/b17-10+. The number of nitriles is 1. The molecule has 0 saturated carbocycles. The SMILES string of the molecule is COc1cc(/C=C(\C#N)C(=O)Nc2ccccc2F)cc(Br)c1Cc1ccccc1Cl. The molecule has 0 unspecified atom stereocenters. The van der Waals surface area contributed by atoms with Crippen molar-refractivity contribution < 1.29 is 13.9 Å². The van der Waals surface area contributed by atoms with E-state index in [0.29, 0.717) is 22.8 Å². The van der Waals surface area contributed by atoms with E-state index in [-0.39, 0.29) is 11.3 Å². The molecule has 0 aliphatic rings. The van der Waals surface area contributed by atoms with E-state index in [1.165, 1.54) is 24.3 Å². The molecular weight excluding hydrogens is 483 g/mol. The summed E-state index contributed by atoms with van der Waals surface area (Å²) in [5.74, 6) is -0.711. The lowest BCUT2D eigenvalue weighted by molar-refractivity contribution is -0.112. The number of para-hydroxylation sites is 1. The predicted octanol–water partition coefficient (Wildman–Crippen LogP) is 6.39. The van der Waals surface area contributed by atoms with Gasteiger partial charge in [-0.3, -0.25) is 4.79 Å². The van der Waals surface area contributed by atoms with Crippen molar-refractivity contribution in [2.75, 3.05) is 12.4 Å². The highest BCUT2D eigenvalue weighted by atomic mass is 79.9. The normalized spacial score (nSPS) is 11.0. The third kappa shape index (κ3) is 5.52. The average Bonchev–Trinajstić information content (AvgIpc) is 2.76. The van der Waals surface area contributed by atoms with E-state index in [1.807, 2.05) is 30.3 Å². The largest absolute Gasteiger partial charge is 0.496 e. The van der Waals surface area contributed by atoms with Crippen LogP contribution in [0.4, 0.5) is 10.1 Å². The highest BCUT2D eigenvalue weighted by Crippen LogP contribution is 2.33. The number of anilines is 1. The lowest BCUT2D eigenvalue weighted by Gasteiger charge is -2.13. The number of amides is 1. The van der Waals surface area contributed by atoms with Crippen LogP contribution in [0, 0.1) is 17.1 Å². The van der Waals surface area contributed by atoms with Gasteiger partial charge in [0.05, 0.1) is 12.8 Å². The Morgan fingerprint density at radius 1 is 1.23 bits per heavy atom. The fourth-order valence-electron chi connectivity index (χ4n) is 2.97. The average molecular weight is 500 g/mol. The van der Waals surface area contributed by atoms with Crippen LogP contribution in [0.25, 0.3) is 6.08 Å². The Hall–Kier alpha value is -3.14. The number of hydrogen-bond acceptors (Lipinski definition) is 3. The number of methoxy groups -OCH3 is 1. The van der Waals surface area contributed by atoms with Gasteiger partial charge in [0.1, 0.15) is 23.2 Å². The summed E-state index contributed by atoms with van der Waals surface area (Å²) in [5, 5.41) is 12.5. The van der Waals surface area contributed by atoms with Crippen LogP contribution in [0.1, 0.15) is 16.7 Å². The molecule has 0 saturated heterocycles. The summed E-state index contributed by atoms with van der Waals surface area (Å²) in [6.45, 7) is 0. The number of benzene rings is 3. The van der Waals surface area contributed by atoms with Gasteiger partial charge in [-0.05, 0) is 47.5 Å². The zero-order chi connectivity index (χ0) is 22.4. The first-order chi connectivity index (χ1) is 14.9. The van der Waals surface area contributed by atoms with E-state index in [2.05, 4.69) is 21.2 Å². The van der Waals surface area contributed by atoms with Crippen LogP contribution in [0.2, 0.25) is 5.02 Å². The minimum atomic E-state index is -0.706. The molecule has 7 heteroatoms. The van der Waals surface area contributed by atoms with Crippen molar-refractivity contribution in [1.29, 1.82) is 5.26 Å². The number of halogens is 3. The molecule has 1 amide bonds. The molecule has 3 rings (SSSR count). The second-order valence-electron chi connectivity index (χ2n) is 6.56. The maximum atomic E-state index is 13.8. The van der Waals surface area contributed by atoms with Crippen LogP contribution in [0.15, 0.2) is 70.7 Å². The fraction of sp³-hybridized carbons (Fsp3) is 0.0833. The van der Waals surface area contributed by atoms with E-state index in [0.717, 1.165) is 15.6 Å². The maximum absolute atomic E-state index is 13.8. The monoisotopic (exact) mass is 498 g/mol. The second kappa shape index (κ2) is 10.3. The van der Waals surface area contributed by atoms with Gasteiger partial charge in [-0.1, -0.05) is 57.9 Å². The number of carbonyl (C=O) groups excluding carboxylic acids is 1. The van der Waals surface area contributed by atoms with Crippen LogP contribution in [0.5, 0.6) is 5.75 Å². The van der Waals surface area contributed by atoms with Crippen molar-refractivity contribution in [3.8, 4) is 11.8 Å². The Morgan fingerprint density at radius 3 is 2.61 bits per heavy atom. The quantitative estimate of drug-likeness (QED) is 0.316. The minimum absolute atomic E-state index is 0.00231. The minimum Gasteiger partial charge on any atom is -0.496 e. The van der Waals surface area contributed by atoms with E-state index < -0.39 is 11.7 Å². The zero-order valence-electron chi connectivity index (χ0n) is 16.5. The molecule has 156 valence electrons. The third-order valence-electron chi connectivity index (χ3n) is 4.52. The van der Waals surface area contributed by atoms with Gasteiger partial charge in [-0.2, -0.15) is 5.26 Å². The molecular formula is C24H17BrClFN2O2. The van der Waals surface area contributed by atoms with E-state index in [9.17, 15) is 14.4 Å². The first-order valence-electron chi connectivity index (χ1n) is 9.20. The molecule has 3 aromatic rings. The Balaban J connectivity index is 1.91. The summed E-state index contributed by atoms with van der Waals surface area (Å²) >= 11 is 9.83. The lowest BCUT2D eigenvalue weighted by Crippen LogP contribution is -2.14. The third-order valence-corrected chi connectivity index (χ3v) is 5.60. The highest BCUT2D eigenvalue weighted by Gasteiger charge is 2.15.